The van der Waals surface area contributed by atoms with E-state index < -0.39 is 5.91 Å². The van der Waals surface area contributed by atoms with Crippen LogP contribution in [-0.4, -0.2) is 32.3 Å². The number of halogens is 2. The van der Waals surface area contributed by atoms with Gasteiger partial charge in [0, 0.05) is 11.1 Å². The molecule has 2 aromatic carbocycles. The molecule has 1 aromatic heterocycles. The van der Waals surface area contributed by atoms with Crippen molar-refractivity contribution in [1.29, 1.82) is 0 Å². The zero-order valence-electron chi connectivity index (χ0n) is 12.8. The van der Waals surface area contributed by atoms with Gasteiger partial charge in [-0.05, 0) is 17.3 Å². The first kappa shape index (κ1) is 17.1. The van der Waals surface area contributed by atoms with Gasteiger partial charge < -0.3 is 0 Å². The molecule has 1 amide bonds. The van der Waals surface area contributed by atoms with Crippen molar-refractivity contribution in [2.75, 3.05) is 0 Å². The fourth-order valence-electron chi connectivity index (χ4n) is 1.98. The summed E-state index contributed by atoms with van der Waals surface area (Å²) in [4.78, 5) is 13.1. The Morgan fingerprint density at radius 2 is 1.84 bits per heavy atom. The van der Waals surface area contributed by atoms with Gasteiger partial charge in [-0.3, -0.25) is 4.79 Å². The first-order chi connectivity index (χ1) is 12.1. The highest BCUT2D eigenvalue weighted by molar-refractivity contribution is 6.38. The molecule has 1 heterocycles. The fraction of sp³-hybridized carbons (Fsp3) is 0.0625. The van der Waals surface area contributed by atoms with Crippen molar-refractivity contribution in [3.05, 3.63) is 64.1 Å². The summed E-state index contributed by atoms with van der Waals surface area (Å²) in [5.74, 6) is 0.0381. The van der Waals surface area contributed by atoms with Crippen molar-refractivity contribution >= 4 is 35.3 Å². The van der Waals surface area contributed by atoms with E-state index in [0.717, 1.165) is 5.56 Å². The predicted octanol–water partition coefficient (Wildman–Crippen LogP) is 2.80. The summed E-state index contributed by atoms with van der Waals surface area (Å²) in [6.45, 7) is -0.118. The standard InChI is InChI=1S/C16H12Cl2N6O/c17-13-7-4-8-14(18)12(13)9-19-20-15(25)10-24-22-16(21-23-24)11-5-2-1-3-6-11/h1-9H,10H2,(H,20,25). The number of hydrazone groups is 1. The molecular formula is C16H12Cl2N6O. The van der Waals surface area contributed by atoms with Crippen LogP contribution in [-0.2, 0) is 11.3 Å². The zero-order chi connectivity index (χ0) is 17.6. The van der Waals surface area contributed by atoms with Gasteiger partial charge in [0.25, 0.3) is 5.91 Å². The normalized spacial score (nSPS) is 11.0. The molecule has 3 aromatic rings. The minimum Gasteiger partial charge on any atom is -0.271 e. The average Bonchev–Trinajstić information content (AvgIpc) is 3.07. The second-order valence-electron chi connectivity index (χ2n) is 4.94. The Morgan fingerprint density at radius 1 is 1.12 bits per heavy atom. The van der Waals surface area contributed by atoms with E-state index in [1.54, 1.807) is 18.2 Å². The molecule has 0 aliphatic heterocycles. The van der Waals surface area contributed by atoms with E-state index in [2.05, 4.69) is 25.9 Å². The lowest BCUT2D eigenvalue weighted by atomic mass is 10.2. The van der Waals surface area contributed by atoms with Gasteiger partial charge in [-0.15, -0.1) is 10.2 Å². The summed E-state index contributed by atoms with van der Waals surface area (Å²) in [5, 5.41) is 16.6. The Labute approximate surface area is 153 Å². The zero-order valence-corrected chi connectivity index (χ0v) is 14.3. The van der Waals surface area contributed by atoms with Gasteiger partial charge in [-0.1, -0.05) is 59.6 Å². The van der Waals surface area contributed by atoms with Crippen LogP contribution in [0.1, 0.15) is 5.56 Å². The number of nitrogens with one attached hydrogen (secondary N) is 1. The van der Waals surface area contributed by atoms with E-state index in [4.69, 9.17) is 23.2 Å². The molecule has 0 bridgehead atoms. The first-order valence-corrected chi connectivity index (χ1v) is 7.98. The number of aromatic nitrogens is 4. The number of benzene rings is 2. The Bertz CT molecular complexity index is 890. The van der Waals surface area contributed by atoms with Crippen LogP contribution in [0, 0.1) is 0 Å². The number of nitrogens with zero attached hydrogens (tertiary/aromatic N) is 5. The highest BCUT2D eigenvalue weighted by Gasteiger charge is 2.08. The van der Waals surface area contributed by atoms with Crippen LogP contribution < -0.4 is 5.43 Å². The molecule has 0 saturated carbocycles. The number of carbonyl (C=O) groups excluding carboxylic acids is 1. The maximum Gasteiger partial charge on any atom is 0.263 e. The molecule has 0 atom stereocenters. The summed E-state index contributed by atoms with van der Waals surface area (Å²) < 4.78 is 0. The quantitative estimate of drug-likeness (QED) is 0.549. The molecule has 126 valence electrons. The van der Waals surface area contributed by atoms with Crippen LogP contribution in [0.15, 0.2) is 53.6 Å². The van der Waals surface area contributed by atoms with Crippen molar-refractivity contribution in [2.45, 2.75) is 6.54 Å². The maximum atomic E-state index is 11.9. The van der Waals surface area contributed by atoms with Gasteiger partial charge in [0.1, 0.15) is 6.54 Å². The van der Waals surface area contributed by atoms with Crippen LogP contribution in [0.25, 0.3) is 11.4 Å². The van der Waals surface area contributed by atoms with E-state index in [0.29, 0.717) is 21.4 Å². The van der Waals surface area contributed by atoms with Crippen LogP contribution in [0.5, 0.6) is 0 Å². The molecule has 0 radical (unpaired) electrons. The summed E-state index contributed by atoms with van der Waals surface area (Å²) >= 11 is 12.0. The lowest BCUT2D eigenvalue weighted by Gasteiger charge is -2.01. The van der Waals surface area contributed by atoms with E-state index >= 15 is 0 Å². The van der Waals surface area contributed by atoms with Gasteiger partial charge in [-0.25, -0.2) is 5.43 Å². The molecular weight excluding hydrogens is 363 g/mol. The summed E-state index contributed by atoms with van der Waals surface area (Å²) in [7, 11) is 0. The number of amides is 1. The first-order valence-electron chi connectivity index (χ1n) is 7.22. The van der Waals surface area contributed by atoms with Crippen LogP contribution in [0.3, 0.4) is 0 Å². The van der Waals surface area contributed by atoms with Gasteiger partial charge in [0.2, 0.25) is 5.82 Å². The fourth-order valence-corrected chi connectivity index (χ4v) is 2.47. The van der Waals surface area contributed by atoms with Gasteiger partial charge in [0.15, 0.2) is 0 Å². The third kappa shape index (κ3) is 4.40. The Balaban J connectivity index is 1.60. The molecule has 0 spiro atoms. The molecule has 0 fully saturated rings. The number of hydrogen-bond donors (Lipinski definition) is 1. The monoisotopic (exact) mass is 374 g/mol. The molecule has 0 unspecified atom stereocenters. The van der Waals surface area contributed by atoms with Crippen molar-refractivity contribution < 1.29 is 4.79 Å². The number of carbonyl (C=O) groups is 1. The van der Waals surface area contributed by atoms with E-state index in [-0.39, 0.29) is 6.54 Å². The average molecular weight is 375 g/mol. The molecule has 0 aliphatic carbocycles. The van der Waals surface area contributed by atoms with Gasteiger partial charge in [0.05, 0.1) is 16.3 Å². The van der Waals surface area contributed by atoms with Crippen molar-refractivity contribution in [2.24, 2.45) is 5.10 Å². The topological polar surface area (TPSA) is 85.1 Å². The Morgan fingerprint density at radius 3 is 2.56 bits per heavy atom. The number of rotatable bonds is 5. The maximum absolute atomic E-state index is 11.9. The van der Waals surface area contributed by atoms with E-state index in [1.165, 1.54) is 11.0 Å². The molecule has 7 nitrogen and oxygen atoms in total. The smallest absolute Gasteiger partial charge is 0.263 e. The van der Waals surface area contributed by atoms with Crippen LogP contribution >= 0.6 is 23.2 Å². The molecule has 0 aliphatic rings. The summed E-state index contributed by atoms with van der Waals surface area (Å²) in [5.41, 5.74) is 3.71. The SMILES string of the molecule is O=C(Cn1nnc(-c2ccccc2)n1)NN=Cc1c(Cl)cccc1Cl. The Kier molecular flexibility index (Phi) is 5.37. The summed E-state index contributed by atoms with van der Waals surface area (Å²) in [6.07, 6.45) is 1.38. The minimum atomic E-state index is -0.406. The predicted molar refractivity (Wildman–Crippen MR) is 95.5 cm³/mol. The molecule has 0 saturated heterocycles. The molecule has 9 heteroatoms. The van der Waals surface area contributed by atoms with E-state index in [1.807, 2.05) is 30.3 Å². The third-order valence-corrected chi connectivity index (χ3v) is 3.81. The highest BCUT2D eigenvalue weighted by Crippen LogP contribution is 2.21. The number of tetrazole rings is 1. The van der Waals surface area contributed by atoms with Crippen LogP contribution in [0.4, 0.5) is 0 Å². The second-order valence-corrected chi connectivity index (χ2v) is 5.75. The third-order valence-electron chi connectivity index (χ3n) is 3.15. The van der Waals surface area contributed by atoms with Gasteiger partial charge in [-0.2, -0.15) is 9.90 Å². The molecule has 3 rings (SSSR count). The van der Waals surface area contributed by atoms with Crippen molar-refractivity contribution in [3.63, 3.8) is 0 Å². The highest BCUT2D eigenvalue weighted by atomic mass is 35.5. The second kappa shape index (κ2) is 7.87. The van der Waals surface area contributed by atoms with E-state index in [9.17, 15) is 4.79 Å². The Hall–Kier alpha value is -2.77. The van der Waals surface area contributed by atoms with Crippen molar-refractivity contribution in [3.8, 4) is 11.4 Å². The van der Waals surface area contributed by atoms with Gasteiger partial charge >= 0.3 is 0 Å². The molecule has 25 heavy (non-hydrogen) atoms. The lowest BCUT2D eigenvalue weighted by molar-refractivity contribution is -0.122. The molecule has 1 N–H and O–H groups in total. The minimum absolute atomic E-state index is 0.118. The number of hydrogen-bond acceptors (Lipinski definition) is 5. The van der Waals surface area contributed by atoms with Crippen LogP contribution in [0.2, 0.25) is 10.0 Å². The van der Waals surface area contributed by atoms with Crippen molar-refractivity contribution in [1.82, 2.24) is 25.6 Å². The largest absolute Gasteiger partial charge is 0.271 e. The summed E-state index contributed by atoms with van der Waals surface area (Å²) in [6, 6.07) is 14.4. The lowest BCUT2D eigenvalue weighted by Crippen LogP contribution is -2.24.